The van der Waals surface area contributed by atoms with E-state index in [0.29, 0.717) is 42.9 Å². The van der Waals surface area contributed by atoms with Crippen LogP contribution < -0.4 is 9.47 Å². The molecule has 5 heteroatoms. The Balaban J connectivity index is 1.86. The summed E-state index contributed by atoms with van der Waals surface area (Å²) in [5, 5.41) is 11.1. The second-order valence-corrected chi connectivity index (χ2v) is 5.67. The average Bonchev–Trinajstić information content (AvgIpc) is 2.71. The van der Waals surface area contributed by atoms with Gasteiger partial charge in [0.15, 0.2) is 11.5 Å². The molecule has 1 unspecified atom stereocenters. The Morgan fingerprint density at radius 1 is 1.05 bits per heavy atom. The van der Waals surface area contributed by atoms with Crippen LogP contribution in [0.2, 0.25) is 5.02 Å². The van der Waals surface area contributed by atoms with Crippen molar-refractivity contribution in [1.82, 2.24) is 0 Å². The van der Waals surface area contributed by atoms with Gasteiger partial charge < -0.3 is 19.3 Å². The fourth-order valence-corrected chi connectivity index (χ4v) is 2.98. The number of aliphatic hydroxyl groups excluding tert-OH is 1. The van der Waals surface area contributed by atoms with Gasteiger partial charge in [-0.05, 0) is 24.8 Å². The molecule has 0 bridgehead atoms. The van der Waals surface area contributed by atoms with Crippen molar-refractivity contribution in [3.63, 3.8) is 0 Å². The monoisotopic (exact) mass is 298 g/mol. The summed E-state index contributed by atoms with van der Waals surface area (Å²) in [6.07, 6.45) is 1.98. The van der Waals surface area contributed by atoms with E-state index in [1.54, 1.807) is 6.07 Å². The van der Waals surface area contributed by atoms with Crippen LogP contribution in [-0.2, 0) is 4.74 Å². The van der Waals surface area contributed by atoms with Crippen LogP contribution >= 0.6 is 11.6 Å². The molecule has 2 heterocycles. The molecule has 3 rings (SSSR count). The van der Waals surface area contributed by atoms with Gasteiger partial charge in [0.05, 0.1) is 24.3 Å². The molecule has 0 spiro atoms. The van der Waals surface area contributed by atoms with E-state index in [2.05, 4.69) is 0 Å². The number of hydrogen-bond acceptors (Lipinski definition) is 4. The number of hydrogen-bond donors (Lipinski definition) is 1. The molecule has 4 nitrogen and oxygen atoms in total. The molecule has 0 aliphatic carbocycles. The van der Waals surface area contributed by atoms with Crippen LogP contribution in [0.3, 0.4) is 0 Å². The normalized spacial score (nSPS) is 21.3. The van der Waals surface area contributed by atoms with Gasteiger partial charge in [-0.1, -0.05) is 11.6 Å². The van der Waals surface area contributed by atoms with Crippen LogP contribution in [0.5, 0.6) is 11.5 Å². The number of ether oxygens (including phenoxy) is 3. The van der Waals surface area contributed by atoms with Gasteiger partial charge in [0.1, 0.15) is 0 Å². The van der Waals surface area contributed by atoms with Crippen LogP contribution in [0.4, 0.5) is 0 Å². The predicted octanol–water partition coefficient (Wildman–Crippen LogP) is 2.96. The third-order valence-electron chi connectivity index (χ3n) is 3.90. The quantitative estimate of drug-likeness (QED) is 0.912. The lowest BCUT2D eigenvalue weighted by atomic mass is 9.89. The molecule has 1 fully saturated rings. The molecule has 20 heavy (non-hydrogen) atoms. The molecule has 0 aromatic heterocycles. The van der Waals surface area contributed by atoms with Crippen molar-refractivity contribution < 1.29 is 19.3 Å². The Morgan fingerprint density at radius 2 is 1.70 bits per heavy atom. The lowest BCUT2D eigenvalue weighted by molar-refractivity contribution is 0.00713. The summed E-state index contributed by atoms with van der Waals surface area (Å²) in [6.45, 7) is 2.65. The molecule has 110 valence electrons. The fraction of sp³-hybridized carbons (Fsp3) is 0.600. The Bertz CT molecular complexity index is 471. The van der Waals surface area contributed by atoms with Crippen molar-refractivity contribution >= 4 is 11.6 Å². The molecule has 0 amide bonds. The van der Waals surface area contributed by atoms with Gasteiger partial charge in [0.2, 0.25) is 0 Å². The van der Waals surface area contributed by atoms with E-state index >= 15 is 0 Å². The highest BCUT2D eigenvalue weighted by molar-refractivity contribution is 6.31. The maximum Gasteiger partial charge on any atom is 0.162 e. The Morgan fingerprint density at radius 3 is 2.40 bits per heavy atom. The average molecular weight is 299 g/mol. The van der Waals surface area contributed by atoms with Crippen LogP contribution in [-0.4, -0.2) is 31.5 Å². The van der Waals surface area contributed by atoms with E-state index in [1.807, 2.05) is 6.07 Å². The standard InChI is InChI=1S/C15H19ClO4/c16-12-9-14-13(19-4-1-5-20-14)8-11(12)15(17)10-2-6-18-7-3-10/h8-10,15,17H,1-7H2. The first-order valence-electron chi connectivity index (χ1n) is 7.10. The molecular weight excluding hydrogens is 280 g/mol. The maximum atomic E-state index is 10.6. The van der Waals surface area contributed by atoms with E-state index in [0.717, 1.165) is 24.8 Å². The number of rotatable bonds is 2. The van der Waals surface area contributed by atoms with Crippen LogP contribution in [0.25, 0.3) is 0 Å². The molecule has 1 N–H and O–H groups in total. The van der Waals surface area contributed by atoms with E-state index in [1.165, 1.54) is 0 Å². The first kappa shape index (κ1) is 14.0. The number of aliphatic hydroxyl groups is 1. The van der Waals surface area contributed by atoms with Gasteiger partial charge in [0, 0.05) is 31.3 Å². The fourth-order valence-electron chi connectivity index (χ4n) is 2.71. The van der Waals surface area contributed by atoms with Gasteiger partial charge in [0.25, 0.3) is 0 Å². The largest absolute Gasteiger partial charge is 0.490 e. The Hall–Kier alpha value is -0.970. The summed E-state index contributed by atoms with van der Waals surface area (Å²) in [6, 6.07) is 3.57. The molecule has 2 aliphatic heterocycles. The molecule has 1 atom stereocenters. The first-order valence-corrected chi connectivity index (χ1v) is 7.48. The Labute approximate surface area is 123 Å². The zero-order chi connectivity index (χ0) is 13.9. The first-order chi connectivity index (χ1) is 9.75. The van der Waals surface area contributed by atoms with Crippen molar-refractivity contribution in [3.8, 4) is 11.5 Å². The lowest BCUT2D eigenvalue weighted by Gasteiger charge is -2.27. The SMILES string of the molecule is OC(c1cc2c(cc1Cl)OCCCO2)C1CCOCC1. The minimum atomic E-state index is -0.580. The van der Waals surface area contributed by atoms with E-state index in [-0.39, 0.29) is 5.92 Å². The summed E-state index contributed by atoms with van der Waals surface area (Å²) >= 11 is 6.30. The van der Waals surface area contributed by atoms with E-state index < -0.39 is 6.10 Å². The number of benzene rings is 1. The molecule has 0 saturated carbocycles. The third-order valence-corrected chi connectivity index (χ3v) is 4.23. The minimum absolute atomic E-state index is 0.186. The summed E-state index contributed by atoms with van der Waals surface area (Å²) < 4.78 is 16.6. The second-order valence-electron chi connectivity index (χ2n) is 5.27. The van der Waals surface area contributed by atoms with Crippen LogP contribution in [0, 0.1) is 5.92 Å². The van der Waals surface area contributed by atoms with Crippen molar-refractivity contribution in [3.05, 3.63) is 22.7 Å². The number of halogens is 1. The zero-order valence-electron chi connectivity index (χ0n) is 11.3. The van der Waals surface area contributed by atoms with Crippen LogP contribution in [0.15, 0.2) is 12.1 Å². The van der Waals surface area contributed by atoms with Gasteiger partial charge in [-0.2, -0.15) is 0 Å². The van der Waals surface area contributed by atoms with Gasteiger partial charge >= 0.3 is 0 Å². The lowest BCUT2D eigenvalue weighted by Crippen LogP contribution is -2.22. The molecule has 1 aromatic rings. The van der Waals surface area contributed by atoms with Gasteiger partial charge in [-0.3, -0.25) is 0 Å². The topological polar surface area (TPSA) is 47.9 Å². The number of fused-ring (bicyclic) bond motifs is 1. The molecule has 2 aliphatic rings. The van der Waals surface area contributed by atoms with Crippen molar-refractivity contribution in [1.29, 1.82) is 0 Å². The maximum absolute atomic E-state index is 10.6. The van der Waals surface area contributed by atoms with Crippen molar-refractivity contribution in [2.24, 2.45) is 5.92 Å². The highest BCUT2D eigenvalue weighted by Gasteiger charge is 2.27. The van der Waals surface area contributed by atoms with Gasteiger partial charge in [-0.15, -0.1) is 0 Å². The van der Waals surface area contributed by atoms with Crippen molar-refractivity contribution in [2.75, 3.05) is 26.4 Å². The Kier molecular flexibility index (Phi) is 4.34. The van der Waals surface area contributed by atoms with E-state index in [9.17, 15) is 5.11 Å². The van der Waals surface area contributed by atoms with Crippen molar-refractivity contribution in [2.45, 2.75) is 25.4 Å². The van der Waals surface area contributed by atoms with Gasteiger partial charge in [-0.25, -0.2) is 0 Å². The molecular formula is C15H19ClO4. The third kappa shape index (κ3) is 2.87. The second kappa shape index (κ2) is 6.20. The smallest absolute Gasteiger partial charge is 0.162 e. The molecule has 0 radical (unpaired) electrons. The molecule has 1 aromatic carbocycles. The summed E-state index contributed by atoms with van der Waals surface area (Å²) in [7, 11) is 0. The highest BCUT2D eigenvalue weighted by atomic mass is 35.5. The zero-order valence-corrected chi connectivity index (χ0v) is 12.1. The van der Waals surface area contributed by atoms with Crippen LogP contribution in [0.1, 0.15) is 30.9 Å². The minimum Gasteiger partial charge on any atom is -0.490 e. The summed E-state index contributed by atoms with van der Waals surface area (Å²) in [4.78, 5) is 0. The highest BCUT2D eigenvalue weighted by Crippen LogP contribution is 2.40. The summed E-state index contributed by atoms with van der Waals surface area (Å²) in [5.74, 6) is 1.52. The van der Waals surface area contributed by atoms with E-state index in [4.69, 9.17) is 25.8 Å². The molecule has 1 saturated heterocycles. The summed E-state index contributed by atoms with van der Waals surface area (Å²) in [5.41, 5.74) is 0.725. The predicted molar refractivity (Wildman–Crippen MR) is 75.6 cm³/mol.